The second kappa shape index (κ2) is 7.80. The van der Waals surface area contributed by atoms with Crippen molar-refractivity contribution in [3.8, 4) is 17.0 Å². The lowest BCUT2D eigenvalue weighted by molar-refractivity contribution is -0.141. The summed E-state index contributed by atoms with van der Waals surface area (Å²) in [5, 5.41) is 15.3. The first-order valence-electron chi connectivity index (χ1n) is 8.40. The summed E-state index contributed by atoms with van der Waals surface area (Å²) in [4.78, 5) is 12.4. The first-order valence-corrected chi connectivity index (χ1v) is 8.78. The Bertz CT molecular complexity index is 1150. The third-order valence-corrected chi connectivity index (χ3v) is 4.57. The summed E-state index contributed by atoms with van der Waals surface area (Å²) in [6.07, 6.45) is -9.41. The molecule has 164 valence electrons. The summed E-state index contributed by atoms with van der Waals surface area (Å²) in [5.41, 5.74) is -2.69. The average molecular weight is 464 g/mol. The predicted octanol–water partition coefficient (Wildman–Crippen LogP) is 5.74. The highest BCUT2D eigenvalue weighted by molar-refractivity contribution is 6.31. The van der Waals surface area contributed by atoms with Crippen molar-refractivity contribution in [2.45, 2.75) is 12.4 Å². The molecule has 1 aromatic heterocycles. The monoisotopic (exact) mass is 463 g/mol. The van der Waals surface area contributed by atoms with Crippen molar-refractivity contribution in [2.75, 3.05) is 5.32 Å². The van der Waals surface area contributed by atoms with Gasteiger partial charge in [0.15, 0.2) is 5.69 Å². The Morgan fingerprint density at radius 1 is 1.03 bits per heavy atom. The quantitative estimate of drug-likeness (QED) is 0.487. The number of hydrogen-bond acceptors (Lipinski definition) is 3. The second-order valence-corrected chi connectivity index (χ2v) is 6.82. The van der Waals surface area contributed by atoms with Crippen LogP contribution in [-0.2, 0) is 19.4 Å². The number of aromatic hydroxyl groups is 1. The van der Waals surface area contributed by atoms with Crippen molar-refractivity contribution in [1.29, 1.82) is 0 Å². The SMILES string of the molecule is Cn1nc(C(F)(F)F)cc1-c1ccc(C(=O)Nc2ccc(Cl)c(C(F)(F)F)c2)cc1O. The zero-order valence-electron chi connectivity index (χ0n) is 15.4. The summed E-state index contributed by atoms with van der Waals surface area (Å²) in [7, 11) is 1.25. The van der Waals surface area contributed by atoms with E-state index in [1.54, 1.807) is 0 Å². The molecule has 0 aliphatic carbocycles. The zero-order chi connectivity index (χ0) is 23.1. The normalized spacial score (nSPS) is 12.1. The number of nitrogens with zero attached hydrogens (tertiary/aromatic N) is 2. The molecule has 0 aliphatic rings. The molecule has 0 spiro atoms. The third kappa shape index (κ3) is 4.76. The molecule has 0 aliphatic heterocycles. The van der Waals surface area contributed by atoms with E-state index in [9.17, 15) is 36.2 Å². The average Bonchev–Trinajstić information content (AvgIpc) is 3.04. The number of anilines is 1. The van der Waals surface area contributed by atoms with Gasteiger partial charge in [0, 0.05) is 23.9 Å². The number of aryl methyl sites for hydroxylation is 1. The molecule has 0 atom stereocenters. The standard InChI is InChI=1S/C19H12ClF6N3O2/c1-29-14(8-16(28-29)19(24,25)26)11-4-2-9(6-15(11)30)17(31)27-10-3-5-13(20)12(7-10)18(21,22)23/h2-8,30H,1H3,(H,27,31). The van der Waals surface area contributed by atoms with E-state index < -0.39 is 40.3 Å². The highest BCUT2D eigenvalue weighted by atomic mass is 35.5. The zero-order valence-corrected chi connectivity index (χ0v) is 16.2. The lowest BCUT2D eigenvalue weighted by Crippen LogP contribution is -2.13. The molecule has 3 aromatic rings. The van der Waals surface area contributed by atoms with Gasteiger partial charge in [-0.25, -0.2) is 0 Å². The number of amides is 1. The molecule has 1 amide bonds. The van der Waals surface area contributed by atoms with Gasteiger partial charge in [0.05, 0.1) is 16.3 Å². The van der Waals surface area contributed by atoms with Crippen LogP contribution < -0.4 is 5.32 Å². The molecule has 2 N–H and O–H groups in total. The fraction of sp³-hybridized carbons (Fsp3) is 0.158. The molecular weight excluding hydrogens is 452 g/mol. The van der Waals surface area contributed by atoms with Crippen molar-refractivity contribution in [3.63, 3.8) is 0 Å². The van der Waals surface area contributed by atoms with E-state index >= 15 is 0 Å². The van der Waals surface area contributed by atoms with E-state index in [0.717, 1.165) is 28.9 Å². The van der Waals surface area contributed by atoms with Crippen molar-refractivity contribution in [3.05, 3.63) is 64.3 Å². The maximum Gasteiger partial charge on any atom is 0.435 e. The molecule has 31 heavy (non-hydrogen) atoms. The van der Waals surface area contributed by atoms with Gasteiger partial charge in [0.2, 0.25) is 0 Å². The van der Waals surface area contributed by atoms with E-state index in [0.29, 0.717) is 6.07 Å². The predicted molar refractivity (Wildman–Crippen MR) is 99.7 cm³/mol. The summed E-state index contributed by atoms with van der Waals surface area (Å²) in [6, 6.07) is 6.91. The minimum Gasteiger partial charge on any atom is -0.507 e. The van der Waals surface area contributed by atoms with Gasteiger partial charge in [0.1, 0.15) is 5.75 Å². The number of carbonyl (C=O) groups excluding carboxylic acids is 1. The summed E-state index contributed by atoms with van der Waals surface area (Å²) in [5.74, 6) is -1.37. The number of nitrogens with one attached hydrogen (secondary N) is 1. The van der Waals surface area contributed by atoms with Crippen LogP contribution in [0.2, 0.25) is 5.02 Å². The number of halogens is 7. The minimum absolute atomic E-state index is 0.0205. The highest BCUT2D eigenvalue weighted by Crippen LogP contribution is 2.37. The number of hydrogen-bond donors (Lipinski definition) is 2. The van der Waals surface area contributed by atoms with E-state index in [4.69, 9.17) is 11.6 Å². The largest absolute Gasteiger partial charge is 0.507 e. The molecule has 0 saturated carbocycles. The minimum atomic E-state index is -4.73. The van der Waals surface area contributed by atoms with Crippen LogP contribution >= 0.6 is 11.6 Å². The lowest BCUT2D eigenvalue weighted by atomic mass is 10.1. The van der Waals surface area contributed by atoms with Gasteiger partial charge < -0.3 is 10.4 Å². The highest BCUT2D eigenvalue weighted by Gasteiger charge is 2.35. The molecule has 3 rings (SSSR count). The van der Waals surface area contributed by atoms with Gasteiger partial charge in [-0.1, -0.05) is 11.6 Å². The van der Waals surface area contributed by atoms with Gasteiger partial charge in [-0.3, -0.25) is 9.48 Å². The molecule has 0 bridgehead atoms. The number of rotatable bonds is 3. The first kappa shape index (κ1) is 22.5. The Morgan fingerprint density at radius 2 is 1.71 bits per heavy atom. The van der Waals surface area contributed by atoms with Crippen LogP contribution in [0.3, 0.4) is 0 Å². The van der Waals surface area contributed by atoms with Crippen molar-refractivity contribution >= 4 is 23.2 Å². The summed E-state index contributed by atoms with van der Waals surface area (Å²) in [6.45, 7) is 0. The van der Waals surface area contributed by atoms with E-state index in [-0.39, 0.29) is 22.5 Å². The Morgan fingerprint density at radius 3 is 2.26 bits per heavy atom. The number of phenolic OH excluding ortho intramolecular Hbond substituents is 1. The molecule has 5 nitrogen and oxygen atoms in total. The molecule has 0 radical (unpaired) electrons. The maximum absolute atomic E-state index is 12.9. The van der Waals surface area contributed by atoms with E-state index in [1.165, 1.54) is 19.2 Å². The van der Waals surface area contributed by atoms with Crippen LogP contribution in [0.5, 0.6) is 5.75 Å². The van der Waals surface area contributed by atoms with Gasteiger partial charge in [-0.15, -0.1) is 0 Å². The molecule has 1 heterocycles. The summed E-state index contributed by atoms with van der Waals surface area (Å²) < 4.78 is 78.3. The van der Waals surface area contributed by atoms with Gasteiger partial charge in [-0.2, -0.15) is 31.4 Å². The fourth-order valence-electron chi connectivity index (χ4n) is 2.77. The van der Waals surface area contributed by atoms with Gasteiger partial charge >= 0.3 is 12.4 Å². The Labute approximate surface area is 175 Å². The van der Waals surface area contributed by atoms with Crippen molar-refractivity contribution < 1.29 is 36.2 Å². The van der Waals surface area contributed by atoms with Crippen LogP contribution in [0, 0.1) is 0 Å². The number of carbonyl (C=O) groups is 1. The van der Waals surface area contributed by atoms with Gasteiger partial charge in [0.25, 0.3) is 5.91 Å². The lowest BCUT2D eigenvalue weighted by Gasteiger charge is -2.12. The third-order valence-electron chi connectivity index (χ3n) is 4.24. The van der Waals surface area contributed by atoms with Crippen molar-refractivity contribution in [2.24, 2.45) is 7.05 Å². The number of alkyl halides is 6. The van der Waals surface area contributed by atoms with Crippen LogP contribution in [0.25, 0.3) is 11.3 Å². The van der Waals surface area contributed by atoms with E-state index in [1.807, 2.05) is 0 Å². The number of benzene rings is 2. The summed E-state index contributed by atoms with van der Waals surface area (Å²) >= 11 is 5.53. The topological polar surface area (TPSA) is 67.2 Å². The Hall–Kier alpha value is -3.21. The number of aromatic nitrogens is 2. The van der Waals surface area contributed by atoms with Crippen LogP contribution in [0.4, 0.5) is 32.0 Å². The van der Waals surface area contributed by atoms with Gasteiger partial charge in [-0.05, 0) is 42.5 Å². The first-order chi connectivity index (χ1) is 14.3. The number of phenols is 1. The molecule has 2 aromatic carbocycles. The molecule has 0 unspecified atom stereocenters. The molecular formula is C19H12ClF6N3O2. The smallest absolute Gasteiger partial charge is 0.435 e. The van der Waals surface area contributed by atoms with Crippen LogP contribution in [0.15, 0.2) is 42.5 Å². The molecule has 0 saturated heterocycles. The van der Waals surface area contributed by atoms with E-state index in [2.05, 4.69) is 10.4 Å². The van der Waals surface area contributed by atoms with Crippen LogP contribution in [0.1, 0.15) is 21.6 Å². The molecule has 0 fully saturated rings. The fourth-order valence-corrected chi connectivity index (χ4v) is 3.00. The Kier molecular flexibility index (Phi) is 5.66. The Balaban J connectivity index is 1.87. The molecule has 12 heteroatoms. The second-order valence-electron chi connectivity index (χ2n) is 6.41. The van der Waals surface area contributed by atoms with Crippen LogP contribution in [-0.4, -0.2) is 20.8 Å². The maximum atomic E-state index is 12.9. The van der Waals surface area contributed by atoms with Crippen molar-refractivity contribution in [1.82, 2.24) is 9.78 Å².